The van der Waals surface area contributed by atoms with E-state index in [9.17, 15) is 4.79 Å². The average molecular weight is 495 g/mol. The van der Waals surface area contributed by atoms with Crippen LogP contribution in [0.3, 0.4) is 0 Å². The summed E-state index contributed by atoms with van der Waals surface area (Å²) in [6.45, 7) is 12.8. The Morgan fingerprint density at radius 3 is 2.38 bits per heavy atom. The Balaban J connectivity index is 0.00000338. The van der Waals surface area contributed by atoms with E-state index in [-0.39, 0.29) is 30.1 Å². The molecular weight excluding hydrogens is 465 g/mol. The summed E-state index contributed by atoms with van der Waals surface area (Å²) in [6.07, 6.45) is -0.272. The molecule has 148 valence electrons. The highest BCUT2D eigenvalue weighted by atomic mass is 127. The number of hydrogen-bond acceptors (Lipinski definition) is 5. The maximum Gasteiger partial charge on any atom is 0.410 e. The molecule has 0 saturated carbocycles. The first-order chi connectivity index (χ1) is 11.7. The van der Waals surface area contributed by atoms with Gasteiger partial charge < -0.3 is 20.3 Å². The lowest BCUT2D eigenvalue weighted by Gasteiger charge is -2.36. The van der Waals surface area contributed by atoms with Gasteiger partial charge in [-0.2, -0.15) is 0 Å². The lowest BCUT2D eigenvalue weighted by atomic mass is 10.2. The minimum atomic E-state index is -0.475. The zero-order chi connectivity index (χ0) is 18.6. The summed E-state index contributed by atoms with van der Waals surface area (Å²) >= 11 is 1.66. The van der Waals surface area contributed by atoms with Crippen LogP contribution < -0.4 is 5.73 Å². The number of aliphatic imine (C=N–C) groups is 1. The van der Waals surface area contributed by atoms with E-state index in [1.807, 2.05) is 31.1 Å². The highest BCUT2D eigenvalue weighted by Gasteiger charge is 2.26. The fraction of sp³-hybridized carbons (Fsp3) is 0.706. The minimum absolute atomic E-state index is 0. The van der Waals surface area contributed by atoms with Crippen molar-refractivity contribution in [3.05, 3.63) is 16.1 Å². The van der Waals surface area contributed by atoms with Crippen LogP contribution in [-0.4, -0.2) is 58.6 Å². The minimum Gasteiger partial charge on any atom is -0.444 e. The predicted octanol–water partition coefficient (Wildman–Crippen LogP) is 3.25. The molecule has 9 heteroatoms. The van der Waals surface area contributed by atoms with Gasteiger partial charge in [-0.25, -0.2) is 14.8 Å². The number of thiazole rings is 1. The summed E-state index contributed by atoms with van der Waals surface area (Å²) < 4.78 is 5.40. The first kappa shape index (κ1) is 22.9. The Labute approximate surface area is 177 Å². The summed E-state index contributed by atoms with van der Waals surface area (Å²) in [5.41, 5.74) is 6.58. The van der Waals surface area contributed by atoms with E-state index in [2.05, 4.69) is 23.8 Å². The van der Waals surface area contributed by atoms with Crippen molar-refractivity contribution in [3.8, 4) is 0 Å². The van der Waals surface area contributed by atoms with Gasteiger partial charge in [0.2, 0.25) is 0 Å². The number of nitrogens with two attached hydrogens (primary N) is 1. The van der Waals surface area contributed by atoms with Crippen molar-refractivity contribution in [1.29, 1.82) is 0 Å². The van der Waals surface area contributed by atoms with E-state index in [1.165, 1.54) is 0 Å². The number of nitrogens with zero attached hydrogens (tertiary/aromatic N) is 4. The molecule has 1 aliphatic heterocycles. The SMILES string of the molecule is CC(C)c1nc(CN=C(N)N2CCN(C(=O)OC(C)(C)C)CC2)cs1.I. The van der Waals surface area contributed by atoms with Gasteiger partial charge in [0.25, 0.3) is 0 Å². The second-order valence-electron chi connectivity index (χ2n) is 7.46. The molecule has 0 radical (unpaired) electrons. The third-order valence-electron chi connectivity index (χ3n) is 3.72. The summed E-state index contributed by atoms with van der Waals surface area (Å²) in [5.74, 6) is 0.934. The van der Waals surface area contributed by atoms with E-state index < -0.39 is 5.60 Å². The van der Waals surface area contributed by atoms with Gasteiger partial charge in [-0.3, -0.25) is 0 Å². The number of halogens is 1. The number of amides is 1. The summed E-state index contributed by atoms with van der Waals surface area (Å²) in [6, 6.07) is 0. The van der Waals surface area contributed by atoms with Crippen LogP contribution >= 0.6 is 35.3 Å². The quantitative estimate of drug-likeness (QED) is 0.396. The lowest BCUT2D eigenvalue weighted by molar-refractivity contribution is 0.0186. The molecule has 2 heterocycles. The van der Waals surface area contributed by atoms with Crippen molar-refractivity contribution in [1.82, 2.24) is 14.8 Å². The Hall–Kier alpha value is -1.10. The Morgan fingerprint density at radius 1 is 1.31 bits per heavy atom. The van der Waals surface area contributed by atoms with Gasteiger partial charge in [-0.1, -0.05) is 13.8 Å². The number of piperazine rings is 1. The van der Waals surface area contributed by atoms with Gasteiger partial charge in [0.1, 0.15) is 5.60 Å². The number of carbonyl (C=O) groups excluding carboxylic acids is 1. The molecule has 1 saturated heterocycles. The molecule has 1 aromatic rings. The van der Waals surface area contributed by atoms with Crippen LogP contribution in [0.15, 0.2) is 10.4 Å². The van der Waals surface area contributed by atoms with Crippen molar-refractivity contribution in [2.45, 2.75) is 52.7 Å². The van der Waals surface area contributed by atoms with Crippen molar-refractivity contribution < 1.29 is 9.53 Å². The second-order valence-corrected chi connectivity index (χ2v) is 8.35. The average Bonchev–Trinajstić information content (AvgIpc) is 3.00. The molecule has 0 unspecified atom stereocenters. The third kappa shape index (κ3) is 6.90. The molecule has 1 aliphatic rings. The van der Waals surface area contributed by atoms with Crippen LogP contribution in [-0.2, 0) is 11.3 Å². The molecule has 2 N–H and O–H groups in total. The second kappa shape index (κ2) is 9.72. The summed E-state index contributed by atoms with van der Waals surface area (Å²) in [7, 11) is 0. The lowest BCUT2D eigenvalue weighted by Crippen LogP contribution is -2.53. The van der Waals surface area contributed by atoms with Gasteiger partial charge in [0.05, 0.1) is 17.2 Å². The Morgan fingerprint density at radius 2 is 1.88 bits per heavy atom. The van der Waals surface area contributed by atoms with E-state index in [4.69, 9.17) is 10.5 Å². The zero-order valence-electron chi connectivity index (χ0n) is 16.2. The van der Waals surface area contributed by atoms with Crippen LogP contribution in [0.4, 0.5) is 4.79 Å². The van der Waals surface area contributed by atoms with E-state index in [1.54, 1.807) is 16.2 Å². The predicted molar refractivity (Wildman–Crippen MR) is 116 cm³/mol. The topological polar surface area (TPSA) is 84.0 Å². The largest absolute Gasteiger partial charge is 0.444 e. The van der Waals surface area contributed by atoms with Gasteiger partial charge in [-0.05, 0) is 20.8 Å². The van der Waals surface area contributed by atoms with Crippen LogP contribution in [0.25, 0.3) is 0 Å². The first-order valence-electron chi connectivity index (χ1n) is 8.63. The molecular formula is C17H30IN5O2S. The van der Waals surface area contributed by atoms with Crippen molar-refractivity contribution in [2.75, 3.05) is 26.2 Å². The molecule has 0 aliphatic carbocycles. The monoisotopic (exact) mass is 495 g/mol. The fourth-order valence-corrected chi connectivity index (χ4v) is 3.19. The standard InChI is InChI=1S/C17H29N5O2S.HI/c1-12(2)14-20-13(11-25-14)10-19-15(18)21-6-8-22(9-7-21)16(23)24-17(3,4)5;/h11-12H,6-10H2,1-5H3,(H2,18,19);1H. The maximum absolute atomic E-state index is 12.1. The molecule has 0 bridgehead atoms. The molecule has 0 aromatic carbocycles. The van der Waals surface area contributed by atoms with Gasteiger partial charge in [-0.15, -0.1) is 35.3 Å². The van der Waals surface area contributed by atoms with Crippen molar-refractivity contribution in [3.63, 3.8) is 0 Å². The van der Waals surface area contributed by atoms with Gasteiger partial charge in [0.15, 0.2) is 5.96 Å². The number of rotatable bonds is 3. The Bertz CT molecular complexity index is 619. The van der Waals surface area contributed by atoms with Gasteiger partial charge in [0, 0.05) is 37.5 Å². The number of guanidine groups is 1. The molecule has 2 rings (SSSR count). The van der Waals surface area contributed by atoms with E-state index >= 15 is 0 Å². The molecule has 1 amide bonds. The molecule has 1 fully saturated rings. The maximum atomic E-state index is 12.1. The highest BCUT2D eigenvalue weighted by molar-refractivity contribution is 14.0. The number of ether oxygens (including phenoxy) is 1. The summed E-state index contributed by atoms with van der Waals surface area (Å²) in [5, 5.41) is 3.15. The molecule has 26 heavy (non-hydrogen) atoms. The van der Waals surface area contributed by atoms with Crippen molar-refractivity contribution >= 4 is 47.4 Å². The normalized spacial score (nSPS) is 15.8. The van der Waals surface area contributed by atoms with Crippen molar-refractivity contribution in [2.24, 2.45) is 10.7 Å². The number of aromatic nitrogens is 1. The number of hydrogen-bond donors (Lipinski definition) is 1. The smallest absolute Gasteiger partial charge is 0.410 e. The first-order valence-corrected chi connectivity index (χ1v) is 9.51. The fourth-order valence-electron chi connectivity index (χ4n) is 2.37. The van der Waals surface area contributed by atoms with E-state index in [0.29, 0.717) is 44.6 Å². The van der Waals surface area contributed by atoms with Crippen LogP contribution in [0.1, 0.15) is 51.2 Å². The summed E-state index contributed by atoms with van der Waals surface area (Å²) in [4.78, 5) is 24.8. The molecule has 7 nitrogen and oxygen atoms in total. The van der Waals surface area contributed by atoms with Crippen LogP contribution in [0.2, 0.25) is 0 Å². The van der Waals surface area contributed by atoms with Gasteiger partial charge >= 0.3 is 6.09 Å². The molecule has 1 aromatic heterocycles. The molecule has 0 spiro atoms. The molecule has 0 atom stereocenters. The zero-order valence-corrected chi connectivity index (χ0v) is 19.3. The van der Waals surface area contributed by atoms with Crippen LogP contribution in [0, 0.1) is 0 Å². The van der Waals surface area contributed by atoms with Crippen LogP contribution in [0.5, 0.6) is 0 Å². The Kier molecular flexibility index (Phi) is 8.58. The van der Waals surface area contributed by atoms with E-state index in [0.717, 1.165) is 10.7 Å². The highest BCUT2D eigenvalue weighted by Crippen LogP contribution is 2.19. The third-order valence-corrected chi connectivity index (χ3v) is 4.92. The number of carbonyl (C=O) groups is 1.